The Balaban J connectivity index is 1.69. The van der Waals surface area contributed by atoms with E-state index in [4.69, 9.17) is 13.9 Å². The van der Waals surface area contributed by atoms with Crippen LogP contribution in [0.2, 0.25) is 18.1 Å². The summed E-state index contributed by atoms with van der Waals surface area (Å²) in [7, 11) is -1.85. The summed E-state index contributed by atoms with van der Waals surface area (Å²) in [5.41, 5.74) is 7.34. The maximum absolute atomic E-state index is 13.2. The Labute approximate surface area is 230 Å². The number of rotatable bonds is 6. The Morgan fingerprint density at radius 3 is 2.68 bits per heavy atom. The minimum Gasteiger partial charge on any atom is -0.470 e. The van der Waals surface area contributed by atoms with Crippen molar-refractivity contribution in [3.63, 3.8) is 0 Å². The highest BCUT2D eigenvalue weighted by atomic mass is 28.4. The van der Waals surface area contributed by atoms with Gasteiger partial charge in [-0.25, -0.2) is 9.80 Å². The first-order valence-corrected chi connectivity index (χ1v) is 17.1. The van der Waals surface area contributed by atoms with Crippen molar-refractivity contribution in [2.24, 2.45) is 5.92 Å². The van der Waals surface area contributed by atoms with Gasteiger partial charge < -0.3 is 18.8 Å². The largest absolute Gasteiger partial charge is 0.470 e. The Morgan fingerprint density at radius 2 is 1.97 bits per heavy atom. The first kappa shape index (κ1) is 28.6. The van der Waals surface area contributed by atoms with Crippen molar-refractivity contribution in [1.82, 2.24) is 14.9 Å². The lowest BCUT2D eigenvalue weighted by molar-refractivity contribution is 0.0252. The first-order chi connectivity index (χ1) is 17.9. The van der Waals surface area contributed by atoms with Crippen LogP contribution < -0.4 is 0 Å². The zero-order valence-electron chi connectivity index (χ0n) is 24.7. The van der Waals surface area contributed by atoms with Crippen molar-refractivity contribution >= 4 is 14.4 Å². The summed E-state index contributed by atoms with van der Waals surface area (Å²) in [6.45, 7) is 21.7. The number of carbonyl (C=O) groups excluding carboxylic acids is 1. The van der Waals surface area contributed by atoms with E-state index in [1.54, 1.807) is 5.01 Å². The molecule has 38 heavy (non-hydrogen) atoms. The molecule has 0 saturated carbocycles. The lowest BCUT2D eigenvalue weighted by Gasteiger charge is -2.36. The van der Waals surface area contributed by atoms with Gasteiger partial charge in [0.1, 0.15) is 6.26 Å². The van der Waals surface area contributed by atoms with Crippen molar-refractivity contribution in [1.29, 1.82) is 0 Å². The summed E-state index contributed by atoms with van der Waals surface area (Å²) in [5.74, 6) is 0.384. The Bertz CT molecular complexity index is 1080. The van der Waals surface area contributed by atoms with Gasteiger partial charge in [0.2, 0.25) is 0 Å². The van der Waals surface area contributed by atoms with E-state index < -0.39 is 8.32 Å². The topological polar surface area (TPSA) is 54.5 Å². The van der Waals surface area contributed by atoms with Crippen molar-refractivity contribution in [2.45, 2.75) is 78.9 Å². The quantitative estimate of drug-likeness (QED) is 0.275. The molecule has 1 amide bonds. The molecule has 0 spiro atoms. The van der Waals surface area contributed by atoms with Gasteiger partial charge in [0.25, 0.3) is 0 Å². The van der Waals surface area contributed by atoms with Crippen molar-refractivity contribution in [2.75, 3.05) is 39.4 Å². The number of ether oxygens (including phenoxy) is 2. The highest BCUT2D eigenvalue weighted by Gasteiger charge is 2.40. The van der Waals surface area contributed by atoms with E-state index in [0.717, 1.165) is 43.6 Å². The molecule has 0 aromatic rings. The second-order valence-electron chi connectivity index (χ2n) is 12.4. The third-order valence-corrected chi connectivity index (χ3v) is 13.3. The predicted octanol–water partition coefficient (Wildman–Crippen LogP) is 6.72. The zero-order chi connectivity index (χ0) is 27.7. The molecule has 1 aliphatic carbocycles. The molecule has 210 valence electrons. The molecule has 0 radical (unpaired) electrons. The van der Waals surface area contributed by atoms with Gasteiger partial charge in [-0.1, -0.05) is 39.8 Å². The fourth-order valence-corrected chi connectivity index (χ4v) is 6.33. The number of fused-ring (bicyclic) bond motifs is 1. The van der Waals surface area contributed by atoms with Gasteiger partial charge in [-0.3, -0.25) is 5.01 Å². The molecule has 0 aromatic heterocycles. The van der Waals surface area contributed by atoms with E-state index in [1.165, 1.54) is 22.4 Å². The average Bonchev–Trinajstić information content (AvgIpc) is 3.42. The van der Waals surface area contributed by atoms with E-state index in [0.29, 0.717) is 32.2 Å². The lowest BCUT2D eigenvalue weighted by atomic mass is 9.92. The van der Waals surface area contributed by atoms with Gasteiger partial charge in [0, 0.05) is 37.5 Å². The van der Waals surface area contributed by atoms with E-state index in [1.807, 2.05) is 19.4 Å². The van der Waals surface area contributed by atoms with Crippen LogP contribution in [0.15, 0.2) is 58.4 Å². The molecular weight excluding hydrogens is 494 g/mol. The molecule has 1 saturated heterocycles. The SMILES string of the molecule is CCOC(=O)N1CC2=C3CC=CC4=C3N(CC4)CC(C)/C(C)=C\OC=C2N1CCCO[Si](C)(C)C(C)(C)C. The second-order valence-corrected chi connectivity index (χ2v) is 17.2. The van der Waals surface area contributed by atoms with Crippen LogP contribution in [0.5, 0.6) is 0 Å². The van der Waals surface area contributed by atoms with E-state index in [-0.39, 0.29) is 11.1 Å². The molecule has 3 aliphatic heterocycles. The molecule has 0 aromatic carbocycles. The summed E-state index contributed by atoms with van der Waals surface area (Å²) < 4.78 is 18.1. The van der Waals surface area contributed by atoms with Crippen LogP contribution >= 0.6 is 0 Å². The molecule has 1 fully saturated rings. The molecular formula is C30H47N3O4Si. The molecule has 7 nitrogen and oxygen atoms in total. The van der Waals surface area contributed by atoms with Crippen LogP contribution in [0.4, 0.5) is 4.79 Å². The minimum absolute atomic E-state index is 0.161. The van der Waals surface area contributed by atoms with E-state index >= 15 is 0 Å². The Morgan fingerprint density at radius 1 is 1.21 bits per heavy atom. The fraction of sp³-hybridized carbons (Fsp3) is 0.633. The molecule has 3 heterocycles. The van der Waals surface area contributed by atoms with Crippen LogP contribution in [0.3, 0.4) is 0 Å². The van der Waals surface area contributed by atoms with Gasteiger partial charge in [-0.2, -0.15) is 0 Å². The molecule has 8 heteroatoms. The van der Waals surface area contributed by atoms with Crippen LogP contribution in [0.25, 0.3) is 0 Å². The number of amides is 1. The minimum atomic E-state index is -1.85. The normalized spacial score (nSPS) is 23.5. The lowest BCUT2D eigenvalue weighted by Crippen LogP contribution is -2.43. The number of hydrazine groups is 1. The Hall–Kier alpha value is -2.45. The Kier molecular flexibility index (Phi) is 8.52. The maximum atomic E-state index is 13.2. The summed E-state index contributed by atoms with van der Waals surface area (Å²) in [4.78, 5) is 15.7. The van der Waals surface area contributed by atoms with E-state index in [2.05, 4.69) is 69.8 Å². The summed E-state index contributed by atoms with van der Waals surface area (Å²) in [5, 5.41) is 3.96. The third-order valence-electron chi connectivity index (χ3n) is 8.72. The van der Waals surface area contributed by atoms with Gasteiger partial charge in [-0.05, 0) is 73.9 Å². The number of carbonyl (C=O) groups is 1. The van der Waals surface area contributed by atoms with Crippen molar-refractivity contribution in [3.05, 3.63) is 58.4 Å². The number of hydrogen-bond donors (Lipinski definition) is 0. The number of allylic oxidation sites excluding steroid dienone is 3. The first-order valence-electron chi connectivity index (χ1n) is 14.2. The smallest absolute Gasteiger partial charge is 0.429 e. The van der Waals surface area contributed by atoms with Gasteiger partial charge in [0.15, 0.2) is 8.32 Å². The highest BCUT2D eigenvalue weighted by molar-refractivity contribution is 6.74. The zero-order valence-corrected chi connectivity index (χ0v) is 25.7. The van der Waals surface area contributed by atoms with Crippen LogP contribution in [-0.4, -0.2) is 68.7 Å². The number of hydrogen-bond acceptors (Lipinski definition) is 6. The second kappa shape index (κ2) is 11.3. The summed E-state index contributed by atoms with van der Waals surface area (Å²) in [6, 6.07) is 0. The molecule has 4 rings (SSSR count). The summed E-state index contributed by atoms with van der Waals surface area (Å²) >= 11 is 0. The van der Waals surface area contributed by atoms with Gasteiger partial charge >= 0.3 is 6.09 Å². The molecule has 0 N–H and O–H groups in total. The van der Waals surface area contributed by atoms with Crippen LogP contribution in [0.1, 0.15) is 60.8 Å². The van der Waals surface area contributed by atoms with Crippen LogP contribution in [-0.2, 0) is 13.9 Å². The summed E-state index contributed by atoms with van der Waals surface area (Å²) in [6.07, 6.45) is 10.6. The molecule has 4 aliphatic rings. The number of nitrogens with zero attached hydrogens (tertiary/aromatic N) is 3. The third kappa shape index (κ3) is 5.76. The van der Waals surface area contributed by atoms with Crippen LogP contribution in [0, 0.1) is 5.92 Å². The van der Waals surface area contributed by atoms with Gasteiger partial charge in [-0.15, -0.1) is 0 Å². The van der Waals surface area contributed by atoms with Gasteiger partial charge in [0.05, 0.1) is 25.1 Å². The van der Waals surface area contributed by atoms with Crippen molar-refractivity contribution < 1.29 is 18.7 Å². The van der Waals surface area contributed by atoms with Crippen molar-refractivity contribution in [3.8, 4) is 0 Å². The highest BCUT2D eigenvalue weighted by Crippen LogP contribution is 2.42. The van der Waals surface area contributed by atoms with E-state index in [9.17, 15) is 4.79 Å². The fourth-order valence-electron chi connectivity index (χ4n) is 5.24. The predicted molar refractivity (Wildman–Crippen MR) is 154 cm³/mol. The standard InChI is InChI=1S/C30H47N3O4Si/c1-9-36-29(34)33-19-26-25-13-10-12-24-14-16-31(28(24)25)18-22(2)23(3)20-35-21-27(26)32(33)15-11-17-37-38(7,8)30(4,5)6/h10,12,20-22H,9,11,13-19H2,1-8H3/b23-20-,26-25?,27-21?. The molecule has 1 unspecified atom stereocenters. The maximum Gasteiger partial charge on any atom is 0.429 e. The average molecular weight is 542 g/mol. The molecule has 0 bridgehead atoms. The monoisotopic (exact) mass is 541 g/mol. The molecule has 1 atom stereocenters.